The number of halogens is 1. The number of carbonyl (C=O) groups is 2. The lowest BCUT2D eigenvalue weighted by atomic mass is 10.2. The van der Waals surface area contributed by atoms with Crippen LogP contribution in [-0.2, 0) is 9.59 Å². The van der Waals surface area contributed by atoms with Gasteiger partial charge in [-0.3, -0.25) is 9.59 Å². The number of hydrogen-bond acceptors (Lipinski definition) is 3. The summed E-state index contributed by atoms with van der Waals surface area (Å²) < 4.78 is 1.06. The normalized spacial score (nSPS) is 15.2. The predicted octanol–water partition coefficient (Wildman–Crippen LogP) is 0.970. The van der Waals surface area contributed by atoms with E-state index in [0.29, 0.717) is 18.8 Å². The third-order valence-electron chi connectivity index (χ3n) is 3.03. The molecule has 6 heteroatoms. The van der Waals surface area contributed by atoms with Gasteiger partial charge in [0.2, 0.25) is 0 Å². The van der Waals surface area contributed by atoms with Crippen molar-refractivity contribution in [3.63, 3.8) is 0 Å². The van der Waals surface area contributed by atoms with Gasteiger partial charge in [0, 0.05) is 35.4 Å². The first-order valence-corrected chi connectivity index (χ1v) is 7.23. The highest BCUT2D eigenvalue weighted by molar-refractivity contribution is 14.1. The second-order valence-electron chi connectivity index (χ2n) is 4.46. The molecule has 1 aliphatic heterocycles. The van der Waals surface area contributed by atoms with Crippen LogP contribution >= 0.6 is 22.6 Å². The fourth-order valence-corrected chi connectivity index (χ4v) is 2.38. The average molecular weight is 373 g/mol. The van der Waals surface area contributed by atoms with Crippen molar-refractivity contribution >= 4 is 40.1 Å². The topological polar surface area (TPSA) is 61.4 Å². The molecule has 2 rings (SSSR count). The molecule has 0 radical (unpaired) electrons. The van der Waals surface area contributed by atoms with Gasteiger partial charge in [0.1, 0.15) is 0 Å². The zero-order valence-corrected chi connectivity index (χ0v) is 12.9. The number of amides is 2. The molecule has 0 atom stereocenters. The quantitative estimate of drug-likeness (QED) is 0.570. The smallest absolute Gasteiger partial charge is 0.313 e. The first-order chi connectivity index (χ1) is 9.08. The first-order valence-electron chi connectivity index (χ1n) is 6.15. The van der Waals surface area contributed by atoms with Gasteiger partial charge in [0.15, 0.2) is 0 Å². The molecule has 1 heterocycles. The lowest BCUT2D eigenvalue weighted by Crippen LogP contribution is -2.49. The molecule has 1 aliphatic rings. The van der Waals surface area contributed by atoms with Gasteiger partial charge in [-0.1, -0.05) is 6.07 Å². The minimum atomic E-state index is -0.568. The highest BCUT2D eigenvalue weighted by Crippen LogP contribution is 2.17. The van der Waals surface area contributed by atoms with E-state index in [9.17, 15) is 9.59 Å². The molecule has 0 aromatic heterocycles. The Bertz CT molecular complexity index is 499. The summed E-state index contributed by atoms with van der Waals surface area (Å²) in [4.78, 5) is 25.4. The molecule has 19 heavy (non-hydrogen) atoms. The van der Waals surface area contributed by atoms with E-state index in [0.717, 1.165) is 22.2 Å². The van der Waals surface area contributed by atoms with Gasteiger partial charge in [0.25, 0.3) is 0 Å². The van der Waals surface area contributed by atoms with Crippen molar-refractivity contribution in [2.75, 3.05) is 31.5 Å². The van der Waals surface area contributed by atoms with Crippen LogP contribution < -0.4 is 10.6 Å². The minimum absolute atomic E-state index is 0.461. The Balaban J connectivity index is 1.99. The highest BCUT2D eigenvalue weighted by atomic mass is 127. The first kappa shape index (κ1) is 14.3. The molecule has 0 unspecified atom stereocenters. The van der Waals surface area contributed by atoms with Gasteiger partial charge < -0.3 is 15.5 Å². The third kappa shape index (κ3) is 3.66. The number of nitrogens with zero attached hydrogens (tertiary/aromatic N) is 1. The van der Waals surface area contributed by atoms with Crippen molar-refractivity contribution in [2.45, 2.75) is 6.92 Å². The average Bonchev–Trinajstić information content (AvgIpc) is 2.43. The second kappa shape index (κ2) is 6.33. The van der Waals surface area contributed by atoms with E-state index in [-0.39, 0.29) is 0 Å². The molecule has 0 saturated carbocycles. The summed E-state index contributed by atoms with van der Waals surface area (Å²) in [7, 11) is 0. The van der Waals surface area contributed by atoms with Crippen LogP contribution in [0.4, 0.5) is 5.69 Å². The summed E-state index contributed by atoms with van der Waals surface area (Å²) in [6.07, 6.45) is 0. The number of benzene rings is 1. The van der Waals surface area contributed by atoms with Gasteiger partial charge in [-0.2, -0.15) is 0 Å². The Morgan fingerprint density at radius 1 is 1.32 bits per heavy atom. The molecule has 1 fully saturated rings. The summed E-state index contributed by atoms with van der Waals surface area (Å²) in [5.41, 5.74) is 1.80. The standard InChI is InChI=1S/C13H16IN3O2/c1-9-2-3-10(8-11(9)14)16-12(18)13(19)17-6-4-15-5-7-17/h2-3,8,15H,4-7H2,1H3,(H,16,18). The number of piperazine rings is 1. The third-order valence-corrected chi connectivity index (χ3v) is 4.19. The van der Waals surface area contributed by atoms with Crippen LogP contribution in [0.2, 0.25) is 0 Å². The van der Waals surface area contributed by atoms with E-state index in [1.165, 1.54) is 0 Å². The van der Waals surface area contributed by atoms with Crippen LogP contribution in [0.3, 0.4) is 0 Å². The lowest BCUT2D eigenvalue weighted by Gasteiger charge is -2.26. The van der Waals surface area contributed by atoms with Crippen molar-refractivity contribution < 1.29 is 9.59 Å². The molecule has 1 aromatic carbocycles. The monoisotopic (exact) mass is 373 g/mol. The molecule has 102 valence electrons. The number of carbonyl (C=O) groups excluding carboxylic acids is 2. The SMILES string of the molecule is Cc1ccc(NC(=O)C(=O)N2CCNCC2)cc1I. The van der Waals surface area contributed by atoms with Crippen LogP contribution in [0.1, 0.15) is 5.56 Å². The Morgan fingerprint density at radius 3 is 2.63 bits per heavy atom. The molecule has 1 aromatic rings. The second-order valence-corrected chi connectivity index (χ2v) is 5.62. The van der Waals surface area contributed by atoms with E-state index in [1.807, 2.05) is 19.1 Å². The molecule has 2 amide bonds. The predicted molar refractivity (Wildman–Crippen MR) is 82.0 cm³/mol. The summed E-state index contributed by atoms with van der Waals surface area (Å²) >= 11 is 2.20. The van der Waals surface area contributed by atoms with E-state index in [2.05, 4.69) is 33.2 Å². The summed E-state index contributed by atoms with van der Waals surface area (Å²) in [5, 5.41) is 5.80. The zero-order chi connectivity index (χ0) is 13.8. The lowest BCUT2D eigenvalue weighted by molar-refractivity contribution is -0.143. The van der Waals surface area contributed by atoms with Crippen LogP contribution in [0.15, 0.2) is 18.2 Å². The molecular formula is C13H16IN3O2. The minimum Gasteiger partial charge on any atom is -0.332 e. The Kier molecular flexibility index (Phi) is 4.76. The van der Waals surface area contributed by atoms with E-state index in [1.54, 1.807) is 11.0 Å². The number of nitrogens with one attached hydrogen (secondary N) is 2. The molecule has 5 nitrogen and oxygen atoms in total. The summed E-state index contributed by atoms with van der Waals surface area (Å²) in [6.45, 7) is 4.64. The van der Waals surface area contributed by atoms with Crippen LogP contribution in [0, 0.1) is 10.5 Å². The van der Waals surface area contributed by atoms with Crippen molar-refractivity contribution in [3.05, 3.63) is 27.3 Å². The molecule has 2 N–H and O–H groups in total. The van der Waals surface area contributed by atoms with Crippen molar-refractivity contribution in [3.8, 4) is 0 Å². The molecule has 1 saturated heterocycles. The van der Waals surface area contributed by atoms with Crippen LogP contribution in [0.5, 0.6) is 0 Å². The number of aryl methyl sites for hydroxylation is 1. The van der Waals surface area contributed by atoms with Crippen LogP contribution in [0.25, 0.3) is 0 Å². The highest BCUT2D eigenvalue weighted by Gasteiger charge is 2.23. The fourth-order valence-electron chi connectivity index (χ4n) is 1.87. The Hall–Kier alpha value is -1.15. The maximum atomic E-state index is 11.9. The summed E-state index contributed by atoms with van der Waals surface area (Å²) in [5.74, 6) is -1.03. The van der Waals surface area contributed by atoms with Gasteiger partial charge in [0.05, 0.1) is 0 Å². The Labute approximate surface area is 125 Å². The van der Waals surface area contributed by atoms with Gasteiger partial charge >= 0.3 is 11.8 Å². The zero-order valence-electron chi connectivity index (χ0n) is 10.7. The molecule has 0 aliphatic carbocycles. The van der Waals surface area contributed by atoms with Gasteiger partial charge in [-0.05, 0) is 47.2 Å². The maximum Gasteiger partial charge on any atom is 0.313 e. The molecule has 0 spiro atoms. The molecular weight excluding hydrogens is 357 g/mol. The van der Waals surface area contributed by atoms with Gasteiger partial charge in [-0.25, -0.2) is 0 Å². The van der Waals surface area contributed by atoms with E-state index in [4.69, 9.17) is 0 Å². The number of hydrogen-bond donors (Lipinski definition) is 2. The fraction of sp³-hybridized carbons (Fsp3) is 0.385. The van der Waals surface area contributed by atoms with Crippen molar-refractivity contribution in [2.24, 2.45) is 0 Å². The van der Waals surface area contributed by atoms with E-state index < -0.39 is 11.8 Å². The number of anilines is 1. The summed E-state index contributed by atoms with van der Waals surface area (Å²) in [6, 6.07) is 5.59. The van der Waals surface area contributed by atoms with Gasteiger partial charge in [-0.15, -0.1) is 0 Å². The van der Waals surface area contributed by atoms with Crippen molar-refractivity contribution in [1.82, 2.24) is 10.2 Å². The number of rotatable bonds is 1. The van der Waals surface area contributed by atoms with E-state index >= 15 is 0 Å². The largest absolute Gasteiger partial charge is 0.332 e. The van der Waals surface area contributed by atoms with Crippen molar-refractivity contribution in [1.29, 1.82) is 0 Å². The Morgan fingerprint density at radius 2 is 2.00 bits per heavy atom. The van der Waals surface area contributed by atoms with Crippen LogP contribution in [-0.4, -0.2) is 42.9 Å². The maximum absolute atomic E-state index is 11.9. The molecule has 0 bridgehead atoms.